The number of carbonyl (C=O) groups is 1. The van der Waals surface area contributed by atoms with Crippen LogP contribution in [0.15, 0.2) is 5.16 Å². The van der Waals surface area contributed by atoms with E-state index < -0.39 is 0 Å². The minimum absolute atomic E-state index is 0.193. The van der Waals surface area contributed by atoms with Crippen molar-refractivity contribution in [3.63, 3.8) is 0 Å². The van der Waals surface area contributed by atoms with Crippen molar-refractivity contribution in [3.8, 4) is 0 Å². The zero-order chi connectivity index (χ0) is 12.7. The molecule has 17 heavy (non-hydrogen) atoms. The molecule has 5 nitrogen and oxygen atoms in total. The Morgan fingerprint density at radius 1 is 1.47 bits per heavy atom. The number of rotatable bonds is 6. The molecule has 5 heteroatoms. The lowest BCUT2D eigenvalue weighted by atomic mass is 9.97. The van der Waals surface area contributed by atoms with E-state index in [2.05, 4.69) is 17.4 Å². The van der Waals surface area contributed by atoms with Crippen LogP contribution >= 0.6 is 0 Å². The fourth-order valence-electron chi connectivity index (χ4n) is 2.36. The van der Waals surface area contributed by atoms with Crippen LogP contribution in [0.1, 0.15) is 45.4 Å². The maximum absolute atomic E-state index is 11.8. The van der Waals surface area contributed by atoms with E-state index in [9.17, 15) is 4.79 Å². The molecule has 0 bridgehead atoms. The summed E-state index contributed by atoms with van der Waals surface area (Å²) in [5, 5.41) is 14.2. The molecule has 1 aliphatic rings. The lowest BCUT2D eigenvalue weighted by Gasteiger charge is -2.14. The summed E-state index contributed by atoms with van der Waals surface area (Å²) in [6.45, 7) is 2.83. The highest BCUT2D eigenvalue weighted by molar-refractivity contribution is 5.79. The average Bonchev–Trinajstić information content (AvgIpc) is 2.74. The number of unbranched alkanes of at least 4 members (excludes halogenated alkanes) is 1. The van der Waals surface area contributed by atoms with E-state index in [0.29, 0.717) is 18.9 Å². The number of nitrogens with two attached hydrogens (primary N) is 1. The van der Waals surface area contributed by atoms with Crippen LogP contribution in [-0.4, -0.2) is 23.5 Å². The monoisotopic (exact) mass is 241 g/mol. The van der Waals surface area contributed by atoms with Gasteiger partial charge in [-0.15, -0.1) is 0 Å². The minimum Gasteiger partial charge on any atom is -0.409 e. The Morgan fingerprint density at radius 3 is 2.82 bits per heavy atom. The third-order valence-electron chi connectivity index (χ3n) is 3.49. The van der Waals surface area contributed by atoms with Crippen molar-refractivity contribution in [2.45, 2.75) is 45.4 Å². The van der Waals surface area contributed by atoms with Crippen LogP contribution in [0.4, 0.5) is 0 Å². The Kier molecular flexibility index (Phi) is 5.80. The van der Waals surface area contributed by atoms with Gasteiger partial charge in [-0.2, -0.15) is 0 Å². The van der Waals surface area contributed by atoms with E-state index in [4.69, 9.17) is 10.9 Å². The van der Waals surface area contributed by atoms with Gasteiger partial charge in [0.2, 0.25) is 5.91 Å². The Hall–Kier alpha value is -1.26. The topological polar surface area (TPSA) is 87.7 Å². The van der Waals surface area contributed by atoms with Gasteiger partial charge in [0, 0.05) is 18.9 Å². The highest BCUT2D eigenvalue weighted by atomic mass is 16.4. The molecule has 0 spiro atoms. The molecule has 2 atom stereocenters. The molecule has 1 saturated carbocycles. The van der Waals surface area contributed by atoms with E-state index in [1.165, 1.54) is 12.8 Å². The van der Waals surface area contributed by atoms with Gasteiger partial charge in [-0.25, -0.2) is 0 Å². The third-order valence-corrected chi connectivity index (χ3v) is 3.49. The number of nitrogens with one attached hydrogen (secondary N) is 1. The molecule has 2 unspecified atom stereocenters. The summed E-state index contributed by atoms with van der Waals surface area (Å²) in [6.07, 6.45) is 5.63. The van der Waals surface area contributed by atoms with Crippen LogP contribution in [0.5, 0.6) is 0 Å². The van der Waals surface area contributed by atoms with Gasteiger partial charge in [0.25, 0.3) is 0 Å². The largest absolute Gasteiger partial charge is 0.409 e. The molecule has 0 saturated heterocycles. The molecule has 1 aliphatic carbocycles. The van der Waals surface area contributed by atoms with Crippen molar-refractivity contribution in [1.82, 2.24) is 5.32 Å². The molecule has 0 heterocycles. The SMILES string of the molecule is CC1CCCC1C(=O)NCCCCC(N)=NO. The highest BCUT2D eigenvalue weighted by Crippen LogP contribution is 2.31. The minimum atomic E-state index is 0.193. The second-order valence-electron chi connectivity index (χ2n) is 4.85. The van der Waals surface area contributed by atoms with E-state index in [1.54, 1.807) is 0 Å². The summed E-state index contributed by atoms with van der Waals surface area (Å²) in [7, 11) is 0. The Labute approximate surface area is 102 Å². The Bertz CT molecular complexity index is 279. The van der Waals surface area contributed by atoms with Crippen LogP contribution in [0.2, 0.25) is 0 Å². The molecule has 1 fully saturated rings. The quantitative estimate of drug-likeness (QED) is 0.216. The van der Waals surface area contributed by atoms with Crippen LogP contribution in [0, 0.1) is 11.8 Å². The first kappa shape index (κ1) is 13.8. The molecule has 0 aliphatic heterocycles. The van der Waals surface area contributed by atoms with Gasteiger partial charge >= 0.3 is 0 Å². The van der Waals surface area contributed by atoms with E-state index in [-0.39, 0.29) is 17.7 Å². The maximum Gasteiger partial charge on any atom is 0.223 e. The Morgan fingerprint density at radius 2 is 2.24 bits per heavy atom. The molecule has 0 aromatic rings. The lowest BCUT2D eigenvalue weighted by molar-refractivity contribution is -0.125. The standard InChI is InChI=1S/C12H23N3O2/c1-9-5-4-6-10(9)12(16)14-8-3-2-7-11(13)15-17/h9-10,17H,2-8H2,1H3,(H2,13,15)(H,14,16). The zero-order valence-electron chi connectivity index (χ0n) is 10.5. The number of carbonyl (C=O) groups excluding carboxylic acids is 1. The summed E-state index contributed by atoms with van der Waals surface area (Å²) in [5.74, 6) is 1.17. The van der Waals surface area contributed by atoms with Crippen molar-refractivity contribution >= 4 is 11.7 Å². The second kappa shape index (κ2) is 7.14. The second-order valence-corrected chi connectivity index (χ2v) is 4.85. The van der Waals surface area contributed by atoms with Crippen LogP contribution in [0.3, 0.4) is 0 Å². The van der Waals surface area contributed by atoms with Gasteiger partial charge in [0.05, 0.1) is 0 Å². The maximum atomic E-state index is 11.8. The molecule has 1 amide bonds. The number of nitrogens with zero attached hydrogens (tertiary/aromatic N) is 1. The fourth-order valence-corrected chi connectivity index (χ4v) is 2.36. The predicted molar refractivity (Wildman–Crippen MR) is 66.8 cm³/mol. The molecule has 0 aromatic carbocycles. The van der Waals surface area contributed by atoms with E-state index in [1.807, 2.05) is 0 Å². The van der Waals surface area contributed by atoms with E-state index >= 15 is 0 Å². The normalized spacial score (nSPS) is 24.9. The van der Waals surface area contributed by atoms with Gasteiger partial charge < -0.3 is 16.3 Å². The predicted octanol–water partition coefficient (Wildman–Crippen LogP) is 1.46. The first-order chi connectivity index (χ1) is 8.15. The summed E-state index contributed by atoms with van der Waals surface area (Å²) in [6, 6.07) is 0. The van der Waals surface area contributed by atoms with Crippen molar-refractivity contribution in [3.05, 3.63) is 0 Å². The molecular formula is C12H23N3O2. The Balaban J connectivity index is 2.08. The smallest absolute Gasteiger partial charge is 0.223 e. The molecule has 4 N–H and O–H groups in total. The number of amides is 1. The molecule has 1 rings (SSSR count). The number of hydrogen-bond donors (Lipinski definition) is 3. The highest BCUT2D eigenvalue weighted by Gasteiger charge is 2.29. The van der Waals surface area contributed by atoms with Crippen molar-refractivity contribution < 1.29 is 10.0 Å². The van der Waals surface area contributed by atoms with Gasteiger partial charge in [0.1, 0.15) is 5.84 Å². The van der Waals surface area contributed by atoms with Gasteiger partial charge in [-0.05, 0) is 31.6 Å². The zero-order valence-corrected chi connectivity index (χ0v) is 10.5. The third kappa shape index (κ3) is 4.63. The summed E-state index contributed by atoms with van der Waals surface area (Å²) < 4.78 is 0. The molecular weight excluding hydrogens is 218 g/mol. The van der Waals surface area contributed by atoms with Crippen LogP contribution in [-0.2, 0) is 4.79 Å². The van der Waals surface area contributed by atoms with E-state index in [0.717, 1.165) is 19.3 Å². The van der Waals surface area contributed by atoms with Gasteiger partial charge in [-0.1, -0.05) is 18.5 Å². The van der Waals surface area contributed by atoms with Crippen molar-refractivity contribution in [2.24, 2.45) is 22.7 Å². The number of hydrogen-bond acceptors (Lipinski definition) is 3. The molecule has 0 radical (unpaired) electrons. The first-order valence-corrected chi connectivity index (χ1v) is 6.39. The average molecular weight is 241 g/mol. The fraction of sp³-hybridized carbons (Fsp3) is 0.833. The van der Waals surface area contributed by atoms with Crippen LogP contribution < -0.4 is 11.1 Å². The number of oxime groups is 1. The molecule has 0 aromatic heterocycles. The lowest BCUT2D eigenvalue weighted by Crippen LogP contribution is -2.32. The first-order valence-electron chi connectivity index (χ1n) is 6.39. The number of amidine groups is 1. The summed E-state index contributed by atoms with van der Waals surface area (Å²) in [4.78, 5) is 11.8. The molecule has 98 valence electrons. The van der Waals surface area contributed by atoms with Crippen molar-refractivity contribution in [1.29, 1.82) is 0 Å². The van der Waals surface area contributed by atoms with Gasteiger partial charge in [-0.3, -0.25) is 4.79 Å². The summed E-state index contributed by atoms with van der Waals surface area (Å²) in [5.41, 5.74) is 5.35. The van der Waals surface area contributed by atoms with Crippen LogP contribution in [0.25, 0.3) is 0 Å². The summed E-state index contributed by atoms with van der Waals surface area (Å²) >= 11 is 0. The van der Waals surface area contributed by atoms with Gasteiger partial charge in [0.15, 0.2) is 0 Å². The van der Waals surface area contributed by atoms with Crippen molar-refractivity contribution in [2.75, 3.05) is 6.54 Å².